The molecule has 0 N–H and O–H groups in total. The maximum atomic E-state index is 12.4. The van der Waals surface area contributed by atoms with Gasteiger partial charge in [-0.25, -0.2) is 0 Å². The number of hydrogen-bond donors (Lipinski definition) is 0. The number of carbonyl (C=O) groups excluding carboxylic acids is 1. The summed E-state index contributed by atoms with van der Waals surface area (Å²) in [6, 6.07) is 15.8. The standard InChI is InChI=1S/C21H22N4O2S/c1-27-17-5-2-4-16(14-17)19-7-8-20(23-22-19)24-9-11-25(12-10-24)21(26)15-18-6-3-13-28-18/h2-8,13-14H,9-12,15H2,1H3. The number of thiophene rings is 1. The summed E-state index contributed by atoms with van der Waals surface area (Å²) in [5.41, 5.74) is 1.79. The van der Waals surface area contributed by atoms with Crippen LogP contribution >= 0.6 is 11.3 Å². The Labute approximate surface area is 168 Å². The van der Waals surface area contributed by atoms with E-state index in [1.165, 1.54) is 0 Å². The lowest BCUT2D eigenvalue weighted by Crippen LogP contribution is -2.49. The summed E-state index contributed by atoms with van der Waals surface area (Å²) in [6.45, 7) is 2.96. The number of anilines is 1. The maximum absolute atomic E-state index is 12.4. The van der Waals surface area contributed by atoms with Crippen molar-refractivity contribution in [2.45, 2.75) is 6.42 Å². The molecule has 0 saturated carbocycles. The number of rotatable bonds is 5. The number of aromatic nitrogens is 2. The Morgan fingerprint density at radius 2 is 1.93 bits per heavy atom. The normalized spacial score (nSPS) is 14.2. The Kier molecular flexibility index (Phi) is 5.53. The van der Waals surface area contributed by atoms with Gasteiger partial charge >= 0.3 is 0 Å². The molecule has 1 amide bonds. The first kappa shape index (κ1) is 18.4. The average Bonchev–Trinajstić information content (AvgIpc) is 3.27. The summed E-state index contributed by atoms with van der Waals surface area (Å²) < 4.78 is 5.27. The van der Waals surface area contributed by atoms with E-state index in [1.807, 2.05) is 58.8 Å². The van der Waals surface area contributed by atoms with E-state index >= 15 is 0 Å². The van der Waals surface area contributed by atoms with E-state index in [-0.39, 0.29) is 5.91 Å². The molecular formula is C21H22N4O2S. The number of benzene rings is 1. The van der Waals surface area contributed by atoms with Crippen LogP contribution < -0.4 is 9.64 Å². The van der Waals surface area contributed by atoms with Crippen LogP contribution in [0.5, 0.6) is 5.75 Å². The predicted molar refractivity (Wildman–Crippen MR) is 111 cm³/mol. The van der Waals surface area contributed by atoms with Gasteiger partial charge in [-0.2, -0.15) is 0 Å². The van der Waals surface area contributed by atoms with Gasteiger partial charge in [0.05, 0.1) is 19.2 Å². The van der Waals surface area contributed by atoms with Crippen LogP contribution in [0.1, 0.15) is 4.88 Å². The van der Waals surface area contributed by atoms with Crippen molar-refractivity contribution < 1.29 is 9.53 Å². The van der Waals surface area contributed by atoms with Crippen LogP contribution in [0.15, 0.2) is 53.9 Å². The van der Waals surface area contributed by atoms with E-state index in [1.54, 1.807) is 18.4 Å². The maximum Gasteiger partial charge on any atom is 0.227 e. The zero-order chi connectivity index (χ0) is 19.3. The van der Waals surface area contributed by atoms with Crippen molar-refractivity contribution in [3.05, 3.63) is 58.8 Å². The van der Waals surface area contributed by atoms with Gasteiger partial charge in [0.25, 0.3) is 0 Å². The van der Waals surface area contributed by atoms with Crippen LogP contribution in [0.4, 0.5) is 5.82 Å². The number of ether oxygens (including phenoxy) is 1. The number of nitrogens with zero attached hydrogens (tertiary/aromatic N) is 4. The zero-order valence-corrected chi connectivity index (χ0v) is 16.6. The van der Waals surface area contributed by atoms with Gasteiger partial charge in [0.2, 0.25) is 5.91 Å². The number of hydrogen-bond acceptors (Lipinski definition) is 6. The molecule has 0 unspecified atom stereocenters. The highest BCUT2D eigenvalue weighted by Gasteiger charge is 2.22. The van der Waals surface area contributed by atoms with E-state index < -0.39 is 0 Å². The number of amides is 1. The molecule has 1 aliphatic heterocycles. The lowest BCUT2D eigenvalue weighted by atomic mass is 10.1. The smallest absolute Gasteiger partial charge is 0.227 e. The van der Waals surface area contributed by atoms with Gasteiger partial charge in [0, 0.05) is 36.6 Å². The van der Waals surface area contributed by atoms with Gasteiger partial charge in [-0.3, -0.25) is 4.79 Å². The Balaban J connectivity index is 1.36. The highest BCUT2D eigenvalue weighted by molar-refractivity contribution is 7.10. The molecule has 7 heteroatoms. The third kappa shape index (κ3) is 4.14. The average molecular weight is 395 g/mol. The van der Waals surface area contributed by atoms with Crippen LogP contribution in [0.25, 0.3) is 11.3 Å². The van der Waals surface area contributed by atoms with E-state index in [0.29, 0.717) is 19.5 Å². The summed E-state index contributed by atoms with van der Waals surface area (Å²) in [6.07, 6.45) is 0.493. The van der Waals surface area contributed by atoms with Crippen molar-refractivity contribution in [3.8, 4) is 17.0 Å². The second-order valence-electron chi connectivity index (χ2n) is 6.63. The quantitative estimate of drug-likeness (QED) is 0.666. The van der Waals surface area contributed by atoms with Gasteiger partial charge in [-0.05, 0) is 35.7 Å². The minimum atomic E-state index is 0.196. The Hall–Kier alpha value is -2.93. The van der Waals surface area contributed by atoms with E-state index in [9.17, 15) is 4.79 Å². The molecule has 0 radical (unpaired) electrons. The monoisotopic (exact) mass is 394 g/mol. The van der Waals surface area contributed by atoms with Crippen LogP contribution in [0.3, 0.4) is 0 Å². The van der Waals surface area contributed by atoms with Crippen LogP contribution in [0, 0.1) is 0 Å². The molecule has 1 fully saturated rings. The molecule has 0 bridgehead atoms. The number of carbonyl (C=O) groups is 1. The zero-order valence-electron chi connectivity index (χ0n) is 15.7. The summed E-state index contributed by atoms with van der Waals surface area (Å²) in [5.74, 6) is 1.84. The topological polar surface area (TPSA) is 58.6 Å². The van der Waals surface area contributed by atoms with Gasteiger partial charge in [-0.15, -0.1) is 21.5 Å². The second kappa shape index (κ2) is 8.39. The molecule has 1 saturated heterocycles. The van der Waals surface area contributed by atoms with Crippen molar-refractivity contribution in [3.63, 3.8) is 0 Å². The van der Waals surface area contributed by atoms with E-state index in [4.69, 9.17) is 4.74 Å². The van der Waals surface area contributed by atoms with Crippen molar-refractivity contribution in [1.82, 2.24) is 15.1 Å². The summed E-state index contributed by atoms with van der Waals surface area (Å²) in [5, 5.41) is 10.8. The van der Waals surface area contributed by atoms with Crippen molar-refractivity contribution >= 4 is 23.1 Å². The first-order valence-electron chi connectivity index (χ1n) is 9.26. The SMILES string of the molecule is COc1cccc(-c2ccc(N3CCN(C(=O)Cc4cccs4)CC3)nn2)c1. The van der Waals surface area contributed by atoms with Crippen molar-refractivity contribution in [1.29, 1.82) is 0 Å². The van der Waals surface area contributed by atoms with Crippen molar-refractivity contribution in [2.75, 3.05) is 38.2 Å². The lowest BCUT2D eigenvalue weighted by molar-refractivity contribution is -0.130. The fraction of sp³-hybridized carbons (Fsp3) is 0.286. The van der Waals surface area contributed by atoms with Crippen LogP contribution in [-0.2, 0) is 11.2 Å². The van der Waals surface area contributed by atoms with Crippen LogP contribution in [-0.4, -0.2) is 54.3 Å². The molecule has 28 heavy (non-hydrogen) atoms. The molecule has 2 aromatic heterocycles. The van der Waals surface area contributed by atoms with Gasteiger partial charge in [0.1, 0.15) is 5.75 Å². The molecular weight excluding hydrogens is 372 g/mol. The highest BCUT2D eigenvalue weighted by Crippen LogP contribution is 2.23. The third-order valence-corrected chi connectivity index (χ3v) is 5.75. The minimum Gasteiger partial charge on any atom is -0.497 e. The van der Waals surface area contributed by atoms with E-state index in [2.05, 4.69) is 15.1 Å². The third-order valence-electron chi connectivity index (χ3n) is 4.88. The minimum absolute atomic E-state index is 0.196. The van der Waals surface area contributed by atoms with Crippen LogP contribution in [0.2, 0.25) is 0 Å². The number of piperazine rings is 1. The Morgan fingerprint density at radius 3 is 2.61 bits per heavy atom. The molecule has 1 aliphatic rings. The summed E-state index contributed by atoms with van der Waals surface area (Å²) >= 11 is 1.63. The molecule has 1 aromatic carbocycles. The molecule has 0 aliphatic carbocycles. The first-order chi connectivity index (χ1) is 13.7. The molecule has 3 aromatic rings. The fourth-order valence-electron chi connectivity index (χ4n) is 3.29. The van der Waals surface area contributed by atoms with Gasteiger partial charge in [-0.1, -0.05) is 18.2 Å². The second-order valence-corrected chi connectivity index (χ2v) is 7.66. The van der Waals surface area contributed by atoms with E-state index in [0.717, 1.165) is 40.8 Å². The van der Waals surface area contributed by atoms with Gasteiger partial charge in [0.15, 0.2) is 5.82 Å². The largest absolute Gasteiger partial charge is 0.497 e. The molecule has 144 valence electrons. The number of methoxy groups -OCH3 is 1. The summed E-state index contributed by atoms with van der Waals surface area (Å²) in [4.78, 5) is 17.7. The molecule has 0 spiro atoms. The molecule has 0 atom stereocenters. The predicted octanol–water partition coefficient (Wildman–Crippen LogP) is 3.11. The fourth-order valence-corrected chi connectivity index (χ4v) is 3.99. The van der Waals surface area contributed by atoms with Crippen molar-refractivity contribution in [2.24, 2.45) is 0 Å². The Bertz CT molecular complexity index is 920. The molecule has 3 heterocycles. The molecule has 6 nitrogen and oxygen atoms in total. The summed E-state index contributed by atoms with van der Waals surface area (Å²) in [7, 11) is 1.65. The Morgan fingerprint density at radius 1 is 1.07 bits per heavy atom. The van der Waals surface area contributed by atoms with Gasteiger partial charge < -0.3 is 14.5 Å². The first-order valence-corrected chi connectivity index (χ1v) is 10.1. The molecule has 4 rings (SSSR count). The highest BCUT2D eigenvalue weighted by atomic mass is 32.1. The lowest BCUT2D eigenvalue weighted by Gasteiger charge is -2.35.